The van der Waals surface area contributed by atoms with Crippen LogP contribution in [0.4, 0.5) is 0 Å². The van der Waals surface area contributed by atoms with Gasteiger partial charge >= 0.3 is 0 Å². The lowest BCUT2D eigenvalue weighted by molar-refractivity contribution is -0.129. The molecule has 0 radical (unpaired) electrons. The number of hydrogen-bond acceptors (Lipinski definition) is 5. The zero-order valence-corrected chi connectivity index (χ0v) is 18.5. The molecule has 0 spiro atoms. The van der Waals surface area contributed by atoms with E-state index in [9.17, 15) is 4.79 Å². The summed E-state index contributed by atoms with van der Waals surface area (Å²) in [4.78, 5) is 19.0. The molecule has 0 bridgehead atoms. The van der Waals surface area contributed by atoms with Gasteiger partial charge in [0.05, 0.1) is 0 Å². The Balaban J connectivity index is 1.27. The molecule has 1 unspecified atom stereocenters. The number of ether oxygens (including phenoxy) is 1. The van der Waals surface area contributed by atoms with Crippen molar-refractivity contribution in [2.75, 3.05) is 0 Å². The number of aromatic nitrogens is 2. The van der Waals surface area contributed by atoms with Gasteiger partial charge < -0.3 is 14.2 Å². The number of nitrogens with zero attached hydrogens (tertiary/aromatic N) is 3. The zero-order valence-electron chi connectivity index (χ0n) is 18.5. The summed E-state index contributed by atoms with van der Waals surface area (Å²) < 4.78 is 11.4. The third kappa shape index (κ3) is 4.80. The first-order chi connectivity index (χ1) is 16.2. The van der Waals surface area contributed by atoms with E-state index in [0.29, 0.717) is 37.7 Å². The molecule has 0 aliphatic carbocycles. The Hall–Kier alpha value is -3.93. The first kappa shape index (κ1) is 20.9. The molecule has 33 heavy (non-hydrogen) atoms. The summed E-state index contributed by atoms with van der Waals surface area (Å²) in [6.45, 7) is 3.10. The van der Waals surface area contributed by atoms with Crippen LogP contribution >= 0.6 is 0 Å². The van der Waals surface area contributed by atoms with Gasteiger partial charge in [0.1, 0.15) is 18.4 Å². The van der Waals surface area contributed by atoms with Crippen molar-refractivity contribution >= 4 is 5.91 Å². The van der Waals surface area contributed by atoms with Crippen LogP contribution in [0.1, 0.15) is 41.5 Å². The molecule has 1 fully saturated rings. The Morgan fingerprint density at radius 3 is 2.48 bits per heavy atom. The van der Waals surface area contributed by atoms with Crippen LogP contribution in [0.5, 0.6) is 5.75 Å². The van der Waals surface area contributed by atoms with Crippen LogP contribution in [0.25, 0.3) is 11.4 Å². The number of rotatable bonds is 7. The molecule has 4 aromatic rings. The molecule has 1 aromatic heterocycles. The highest BCUT2D eigenvalue weighted by Crippen LogP contribution is 2.34. The van der Waals surface area contributed by atoms with Gasteiger partial charge in [-0.15, -0.1) is 0 Å². The molecule has 6 heteroatoms. The average Bonchev–Trinajstić information content (AvgIpc) is 3.47. The minimum Gasteiger partial charge on any atom is -0.489 e. The van der Waals surface area contributed by atoms with E-state index in [1.54, 1.807) is 0 Å². The molecule has 6 nitrogen and oxygen atoms in total. The molecule has 2 heterocycles. The topological polar surface area (TPSA) is 68.5 Å². The van der Waals surface area contributed by atoms with Gasteiger partial charge in [-0.2, -0.15) is 4.98 Å². The maximum atomic E-state index is 12.5. The monoisotopic (exact) mass is 439 g/mol. The van der Waals surface area contributed by atoms with E-state index < -0.39 is 0 Å². The summed E-state index contributed by atoms with van der Waals surface area (Å²) in [7, 11) is 0. The molecule has 1 aliphatic rings. The summed E-state index contributed by atoms with van der Waals surface area (Å²) in [5.41, 5.74) is 4.24. The summed E-state index contributed by atoms with van der Waals surface area (Å²) in [6, 6.07) is 25.7. The van der Waals surface area contributed by atoms with Gasteiger partial charge in [0, 0.05) is 18.5 Å². The third-order valence-electron chi connectivity index (χ3n) is 5.89. The van der Waals surface area contributed by atoms with Gasteiger partial charge in [-0.1, -0.05) is 65.3 Å². The lowest BCUT2D eigenvalue weighted by Crippen LogP contribution is -2.27. The molecule has 0 saturated carbocycles. The zero-order chi connectivity index (χ0) is 22.6. The molecule has 5 rings (SSSR count). The third-order valence-corrected chi connectivity index (χ3v) is 5.89. The van der Waals surface area contributed by atoms with Crippen LogP contribution in [0.15, 0.2) is 83.4 Å². The molecule has 0 N–H and O–H groups in total. The number of amides is 1. The number of aryl methyl sites for hydroxylation is 1. The maximum Gasteiger partial charge on any atom is 0.249 e. The van der Waals surface area contributed by atoms with E-state index in [1.807, 2.05) is 59.5 Å². The van der Waals surface area contributed by atoms with Crippen molar-refractivity contribution in [2.45, 2.75) is 39.0 Å². The fraction of sp³-hybridized carbons (Fsp3) is 0.222. The molecule has 1 atom stereocenters. The van der Waals surface area contributed by atoms with Gasteiger partial charge in [-0.05, 0) is 48.7 Å². The molecule has 3 aromatic carbocycles. The SMILES string of the molecule is Cc1ccc(CN2C(=O)CCC2c2nc(-c3ccc(OCc4ccccc4)cc3)no2)cc1. The van der Waals surface area contributed by atoms with E-state index in [4.69, 9.17) is 9.26 Å². The first-order valence-electron chi connectivity index (χ1n) is 11.1. The fourth-order valence-electron chi connectivity index (χ4n) is 4.01. The summed E-state index contributed by atoms with van der Waals surface area (Å²) >= 11 is 0. The van der Waals surface area contributed by atoms with E-state index in [-0.39, 0.29) is 11.9 Å². The van der Waals surface area contributed by atoms with Crippen molar-refractivity contribution in [3.05, 3.63) is 101 Å². The van der Waals surface area contributed by atoms with E-state index >= 15 is 0 Å². The fourth-order valence-corrected chi connectivity index (χ4v) is 4.01. The van der Waals surface area contributed by atoms with Gasteiger partial charge in [0.15, 0.2) is 0 Å². The summed E-state index contributed by atoms with van der Waals surface area (Å²) in [6.07, 6.45) is 1.17. The van der Waals surface area contributed by atoms with Crippen LogP contribution < -0.4 is 4.74 Å². The van der Waals surface area contributed by atoms with Crippen LogP contribution in [0.3, 0.4) is 0 Å². The lowest BCUT2D eigenvalue weighted by atomic mass is 10.1. The van der Waals surface area contributed by atoms with Crippen LogP contribution in [0, 0.1) is 6.92 Å². The second kappa shape index (κ2) is 9.28. The highest BCUT2D eigenvalue weighted by atomic mass is 16.5. The van der Waals surface area contributed by atoms with Crippen molar-refractivity contribution in [3.63, 3.8) is 0 Å². The Morgan fingerprint density at radius 2 is 1.73 bits per heavy atom. The Labute approximate surface area is 192 Å². The van der Waals surface area contributed by atoms with E-state index in [2.05, 4.69) is 41.3 Å². The Bertz CT molecular complexity index is 1220. The second-order valence-electron chi connectivity index (χ2n) is 8.32. The number of likely N-dealkylation sites (tertiary alicyclic amines) is 1. The quantitative estimate of drug-likeness (QED) is 0.381. The van der Waals surface area contributed by atoms with E-state index in [1.165, 1.54) is 5.56 Å². The van der Waals surface area contributed by atoms with Gasteiger partial charge in [0.2, 0.25) is 17.6 Å². The van der Waals surface area contributed by atoms with Crippen molar-refractivity contribution in [1.29, 1.82) is 0 Å². The largest absolute Gasteiger partial charge is 0.489 e. The smallest absolute Gasteiger partial charge is 0.249 e. The molecule has 1 saturated heterocycles. The summed E-state index contributed by atoms with van der Waals surface area (Å²) in [5, 5.41) is 4.17. The van der Waals surface area contributed by atoms with Gasteiger partial charge in [-0.25, -0.2) is 0 Å². The Kier molecular flexibility index (Phi) is 5.89. The molecule has 1 amide bonds. The number of carbonyl (C=O) groups excluding carboxylic acids is 1. The Morgan fingerprint density at radius 1 is 0.970 bits per heavy atom. The molecular formula is C27H25N3O3. The maximum absolute atomic E-state index is 12.5. The van der Waals surface area contributed by atoms with E-state index in [0.717, 1.165) is 22.4 Å². The van der Waals surface area contributed by atoms with Crippen LogP contribution in [-0.2, 0) is 17.9 Å². The average molecular weight is 440 g/mol. The van der Waals surface area contributed by atoms with Crippen LogP contribution in [0.2, 0.25) is 0 Å². The van der Waals surface area contributed by atoms with Gasteiger partial charge in [-0.3, -0.25) is 4.79 Å². The first-order valence-corrected chi connectivity index (χ1v) is 11.1. The van der Waals surface area contributed by atoms with Crippen LogP contribution in [-0.4, -0.2) is 20.9 Å². The molecular weight excluding hydrogens is 414 g/mol. The minimum atomic E-state index is -0.200. The molecule has 1 aliphatic heterocycles. The number of benzene rings is 3. The second-order valence-corrected chi connectivity index (χ2v) is 8.32. The highest BCUT2D eigenvalue weighted by Gasteiger charge is 2.36. The number of hydrogen-bond donors (Lipinski definition) is 0. The predicted octanol–water partition coefficient (Wildman–Crippen LogP) is 5.49. The van der Waals surface area contributed by atoms with Crippen molar-refractivity contribution < 1.29 is 14.1 Å². The summed E-state index contributed by atoms with van der Waals surface area (Å²) in [5.74, 6) is 1.87. The van der Waals surface area contributed by atoms with Crippen molar-refractivity contribution in [3.8, 4) is 17.1 Å². The predicted molar refractivity (Wildman–Crippen MR) is 124 cm³/mol. The minimum absolute atomic E-state index is 0.111. The number of carbonyl (C=O) groups is 1. The van der Waals surface area contributed by atoms with Gasteiger partial charge in [0.25, 0.3) is 0 Å². The lowest BCUT2D eigenvalue weighted by Gasteiger charge is -2.22. The van der Waals surface area contributed by atoms with Crippen molar-refractivity contribution in [1.82, 2.24) is 15.0 Å². The normalized spacial score (nSPS) is 15.7. The highest BCUT2D eigenvalue weighted by molar-refractivity contribution is 5.78. The van der Waals surface area contributed by atoms with Crippen molar-refractivity contribution in [2.24, 2.45) is 0 Å². The molecule has 166 valence electrons. The standard InChI is InChI=1S/C27H25N3O3/c1-19-7-9-20(10-8-19)17-30-24(15-16-25(30)31)27-28-26(29-33-27)22-11-13-23(14-12-22)32-18-21-5-3-2-4-6-21/h2-14,24H,15-18H2,1H3.